The van der Waals surface area contributed by atoms with Crippen LogP contribution in [0.25, 0.3) is 0 Å². The first-order valence-electron chi connectivity index (χ1n) is 11.3. The second-order valence-corrected chi connectivity index (χ2v) is 10.2. The van der Waals surface area contributed by atoms with Crippen LogP contribution in [-0.4, -0.2) is 32.1 Å². The van der Waals surface area contributed by atoms with Gasteiger partial charge in [-0.05, 0) is 80.0 Å². The lowest BCUT2D eigenvalue weighted by Gasteiger charge is -2.22. The molecular formula is C24H31N3O4S2. The molecule has 1 saturated carbocycles. The lowest BCUT2D eigenvalue weighted by atomic mass is 9.96. The fraction of sp³-hybridized carbons (Fsp3) is 0.417. The van der Waals surface area contributed by atoms with Crippen LogP contribution in [0, 0.1) is 0 Å². The van der Waals surface area contributed by atoms with Gasteiger partial charge in [0.05, 0.1) is 11.5 Å². The molecule has 33 heavy (non-hydrogen) atoms. The van der Waals surface area contributed by atoms with E-state index in [1.54, 1.807) is 36.4 Å². The average molecular weight is 490 g/mol. The van der Waals surface area contributed by atoms with E-state index in [1.165, 1.54) is 12.1 Å². The number of hydrogen-bond acceptors (Lipinski definition) is 5. The zero-order valence-electron chi connectivity index (χ0n) is 18.8. The summed E-state index contributed by atoms with van der Waals surface area (Å²) in [7, 11) is -3.56. The van der Waals surface area contributed by atoms with Gasteiger partial charge in [-0.25, -0.2) is 13.1 Å². The number of ether oxygens (including phenoxy) is 1. The molecule has 0 bridgehead atoms. The molecular weight excluding hydrogens is 458 g/mol. The number of carbonyl (C=O) groups excluding carboxylic acids is 1. The van der Waals surface area contributed by atoms with Crippen LogP contribution in [-0.2, 0) is 10.0 Å². The van der Waals surface area contributed by atoms with Crippen LogP contribution in [0.2, 0.25) is 0 Å². The molecule has 0 spiro atoms. The van der Waals surface area contributed by atoms with E-state index in [2.05, 4.69) is 22.3 Å². The van der Waals surface area contributed by atoms with Gasteiger partial charge in [-0.2, -0.15) is 0 Å². The number of carbonyl (C=O) groups is 1. The first-order valence-corrected chi connectivity index (χ1v) is 13.2. The summed E-state index contributed by atoms with van der Waals surface area (Å²) in [6, 6.07) is 13.2. The molecule has 0 unspecified atom stereocenters. The number of nitrogens with one attached hydrogen (secondary N) is 3. The van der Waals surface area contributed by atoms with E-state index in [0.29, 0.717) is 23.6 Å². The lowest BCUT2D eigenvalue weighted by molar-refractivity contribution is 0.0977. The summed E-state index contributed by atoms with van der Waals surface area (Å²) in [5.41, 5.74) is 1.04. The van der Waals surface area contributed by atoms with Crippen molar-refractivity contribution in [2.45, 2.75) is 62.8 Å². The summed E-state index contributed by atoms with van der Waals surface area (Å²) in [6.07, 6.45) is 7.05. The zero-order chi connectivity index (χ0) is 23.7. The highest BCUT2D eigenvalue weighted by atomic mass is 32.2. The minimum Gasteiger partial charge on any atom is -0.494 e. The molecule has 1 amide bonds. The number of hydrogen-bond donors (Lipinski definition) is 3. The number of anilines is 1. The van der Waals surface area contributed by atoms with Crippen molar-refractivity contribution in [1.29, 1.82) is 0 Å². The normalized spacial score (nSPS) is 14.5. The van der Waals surface area contributed by atoms with Gasteiger partial charge in [0.25, 0.3) is 5.91 Å². The molecule has 0 radical (unpaired) electrons. The van der Waals surface area contributed by atoms with Crippen molar-refractivity contribution >= 4 is 38.9 Å². The number of sulfonamides is 1. The summed E-state index contributed by atoms with van der Waals surface area (Å²) in [4.78, 5) is 12.6. The van der Waals surface area contributed by atoms with E-state index >= 15 is 0 Å². The largest absolute Gasteiger partial charge is 0.494 e. The molecule has 1 aliphatic rings. The maximum atomic E-state index is 12.6. The quantitative estimate of drug-likeness (QED) is 0.352. The van der Waals surface area contributed by atoms with Gasteiger partial charge in [0.1, 0.15) is 5.75 Å². The van der Waals surface area contributed by atoms with Crippen LogP contribution in [0.3, 0.4) is 0 Å². The summed E-state index contributed by atoms with van der Waals surface area (Å²) in [5.74, 6) is 0.372. The van der Waals surface area contributed by atoms with Crippen molar-refractivity contribution in [2.24, 2.45) is 0 Å². The van der Waals surface area contributed by atoms with Gasteiger partial charge >= 0.3 is 0 Å². The summed E-state index contributed by atoms with van der Waals surface area (Å²) in [5, 5.41) is 5.66. The third kappa shape index (κ3) is 7.80. The van der Waals surface area contributed by atoms with Gasteiger partial charge in [-0.1, -0.05) is 32.6 Å². The Balaban J connectivity index is 1.51. The third-order valence-electron chi connectivity index (χ3n) is 5.46. The number of thiocarbonyl (C=S) groups is 1. The van der Waals surface area contributed by atoms with Crippen molar-refractivity contribution in [1.82, 2.24) is 10.0 Å². The molecule has 3 N–H and O–H groups in total. The van der Waals surface area contributed by atoms with Crippen molar-refractivity contribution in [3.8, 4) is 5.75 Å². The molecule has 178 valence electrons. The van der Waals surface area contributed by atoms with Crippen LogP contribution < -0.4 is 20.1 Å². The number of unbranched alkanes of at least 4 members (excludes halogenated alkanes) is 1. The van der Waals surface area contributed by atoms with Crippen LogP contribution in [0.4, 0.5) is 5.69 Å². The van der Waals surface area contributed by atoms with Crippen LogP contribution in [0.5, 0.6) is 5.75 Å². The first-order chi connectivity index (χ1) is 15.9. The standard InChI is InChI=1S/C24H31N3O4S2/c1-2-3-17-31-21-13-9-18(10-14-21)23(28)26-24(32)25-19-11-15-22(16-12-19)33(29,30)27-20-7-5-4-6-8-20/h9-16,20,27H,2-8,17H2,1H3,(H2,25,26,28,32). The lowest BCUT2D eigenvalue weighted by Crippen LogP contribution is -2.36. The third-order valence-corrected chi connectivity index (χ3v) is 7.20. The van der Waals surface area contributed by atoms with E-state index in [-0.39, 0.29) is 22.0 Å². The molecule has 2 aromatic carbocycles. The number of benzene rings is 2. The highest BCUT2D eigenvalue weighted by Crippen LogP contribution is 2.21. The highest BCUT2D eigenvalue weighted by Gasteiger charge is 2.21. The van der Waals surface area contributed by atoms with Crippen LogP contribution >= 0.6 is 12.2 Å². The molecule has 0 atom stereocenters. The van der Waals surface area contributed by atoms with E-state index in [1.807, 2.05) is 0 Å². The predicted octanol–water partition coefficient (Wildman–Crippen LogP) is 4.60. The topological polar surface area (TPSA) is 96.5 Å². The molecule has 0 aromatic heterocycles. The smallest absolute Gasteiger partial charge is 0.257 e. The van der Waals surface area contributed by atoms with Gasteiger partial charge in [-0.15, -0.1) is 0 Å². The molecule has 2 aromatic rings. The van der Waals surface area contributed by atoms with Crippen molar-refractivity contribution in [3.05, 3.63) is 54.1 Å². The molecule has 7 nitrogen and oxygen atoms in total. The molecule has 1 aliphatic carbocycles. The van der Waals surface area contributed by atoms with E-state index in [0.717, 1.165) is 44.9 Å². The van der Waals surface area contributed by atoms with E-state index in [9.17, 15) is 13.2 Å². The second-order valence-electron chi connectivity index (χ2n) is 8.12. The molecule has 0 saturated heterocycles. The Hall–Kier alpha value is -2.49. The molecule has 0 heterocycles. The monoisotopic (exact) mass is 489 g/mol. The minimum absolute atomic E-state index is 0.00121. The highest BCUT2D eigenvalue weighted by molar-refractivity contribution is 7.89. The van der Waals surface area contributed by atoms with Gasteiger partial charge in [0.2, 0.25) is 10.0 Å². The van der Waals surface area contributed by atoms with Gasteiger partial charge in [-0.3, -0.25) is 10.1 Å². The van der Waals surface area contributed by atoms with Gasteiger partial charge in [0, 0.05) is 17.3 Å². The Morgan fingerprint density at radius 2 is 1.70 bits per heavy atom. The Bertz CT molecular complexity index is 1030. The maximum Gasteiger partial charge on any atom is 0.257 e. The second kappa shape index (κ2) is 12.1. The Morgan fingerprint density at radius 3 is 2.33 bits per heavy atom. The van der Waals surface area contributed by atoms with E-state index in [4.69, 9.17) is 17.0 Å². The number of amides is 1. The average Bonchev–Trinajstić information content (AvgIpc) is 2.80. The molecule has 3 rings (SSSR count). The molecule has 1 fully saturated rings. The van der Waals surface area contributed by atoms with Crippen LogP contribution in [0.15, 0.2) is 53.4 Å². The fourth-order valence-corrected chi connectivity index (χ4v) is 5.12. The number of rotatable bonds is 9. The van der Waals surface area contributed by atoms with Gasteiger partial charge in [0.15, 0.2) is 5.11 Å². The Labute approximate surface area is 201 Å². The Kier molecular flexibility index (Phi) is 9.22. The first kappa shape index (κ1) is 25.1. The summed E-state index contributed by atoms with van der Waals surface area (Å²) >= 11 is 5.22. The summed E-state index contributed by atoms with van der Waals surface area (Å²) in [6.45, 7) is 2.74. The Morgan fingerprint density at radius 1 is 1.03 bits per heavy atom. The van der Waals surface area contributed by atoms with Crippen molar-refractivity contribution < 1.29 is 17.9 Å². The molecule has 0 aliphatic heterocycles. The minimum atomic E-state index is -3.56. The molecule has 9 heteroatoms. The van der Waals surface area contributed by atoms with Gasteiger partial charge < -0.3 is 10.1 Å². The van der Waals surface area contributed by atoms with E-state index < -0.39 is 10.0 Å². The van der Waals surface area contributed by atoms with Crippen molar-refractivity contribution in [2.75, 3.05) is 11.9 Å². The zero-order valence-corrected chi connectivity index (χ0v) is 20.4. The maximum absolute atomic E-state index is 12.6. The van der Waals surface area contributed by atoms with Crippen LogP contribution in [0.1, 0.15) is 62.2 Å². The SMILES string of the molecule is CCCCOc1ccc(C(=O)NC(=S)Nc2ccc(S(=O)(=O)NC3CCCCC3)cc2)cc1. The predicted molar refractivity (Wildman–Crippen MR) is 134 cm³/mol. The fourth-order valence-electron chi connectivity index (χ4n) is 3.60. The summed E-state index contributed by atoms with van der Waals surface area (Å²) < 4.78 is 33.6. The van der Waals surface area contributed by atoms with Crippen molar-refractivity contribution in [3.63, 3.8) is 0 Å².